The predicted molar refractivity (Wildman–Crippen MR) is 69.1 cm³/mol. The van der Waals surface area contributed by atoms with E-state index in [0.717, 1.165) is 25.7 Å². The monoisotopic (exact) mass is 256 g/mol. The number of hydrogen-bond donors (Lipinski definition) is 2. The van der Waals surface area contributed by atoms with Crippen LogP contribution < -0.4 is 10.6 Å². The number of carbonyl (C=O) groups is 2. The lowest BCUT2D eigenvalue weighted by Gasteiger charge is -2.36. The Bertz CT molecular complexity index is 286. The van der Waals surface area contributed by atoms with Gasteiger partial charge in [-0.2, -0.15) is 0 Å². The highest BCUT2D eigenvalue weighted by atomic mass is 16.5. The first kappa shape index (κ1) is 15.0. The van der Waals surface area contributed by atoms with Crippen molar-refractivity contribution >= 4 is 11.9 Å². The van der Waals surface area contributed by atoms with E-state index in [-0.39, 0.29) is 24.0 Å². The number of amides is 1. The van der Waals surface area contributed by atoms with Gasteiger partial charge in [-0.15, -0.1) is 0 Å². The molecule has 0 radical (unpaired) electrons. The first-order chi connectivity index (χ1) is 8.62. The molecule has 1 saturated carbocycles. The molecular formula is C13H24N2O3. The third kappa shape index (κ3) is 4.64. The molecule has 1 amide bonds. The topological polar surface area (TPSA) is 67.4 Å². The molecule has 0 aromatic rings. The van der Waals surface area contributed by atoms with E-state index in [0.29, 0.717) is 13.0 Å². The molecule has 0 unspecified atom stereocenters. The molecule has 5 heteroatoms. The van der Waals surface area contributed by atoms with Crippen molar-refractivity contribution in [1.82, 2.24) is 10.6 Å². The fourth-order valence-electron chi connectivity index (χ4n) is 2.50. The third-order valence-corrected chi connectivity index (χ3v) is 3.58. The second-order valence-corrected chi connectivity index (χ2v) is 4.85. The van der Waals surface area contributed by atoms with Crippen LogP contribution in [0.25, 0.3) is 0 Å². The number of hydrogen-bond acceptors (Lipinski definition) is 4. The zero-order valence-electron chi connectivity index (χ0n) is 11.4. The highest BCUT2D eigenvalue weighted by Crippen LogP contribution is 2.30. The van der Waals surface area contributed by atoms with Gasteiger partial charge in [0.05, 0.1) is 6.61 Å². The van der Waals surface area contributed by atoms with Gasteiger partial charge in [0.2, 0.25) is 5.91 Å². The second kappa shape index (κ2) is 7.36. The molecule has 0 atom stereocenters. The largest absolute Gasteiger partial charge is 0.465 e. The van der Waals surface area contributed by atoms with E-state index in [1.807, 2.05) is 7.05 Å². The highest BCUT2D eigenvalue weighted by Gasteiger charge is 2.32. The molecule has 0 spiro atoms. The Morgan fingerprint density at radius 2 is 1.89 bits per heavy atom. The van der Waals surface area contributed by atoms with Gasteiger partial charge in [0.1, 0.15) is 6.54 Å². The summed E-state index contributed by atoms with van der Waals surface area (Å²) >= 11 is 0. The maximum absolute atomic E-state index is 11.8. The van der Waals surface area contributed by atoms with Crippen molar-refractivity contribution in [2.45, 2.75) is 51.0 Å². The van der Waals surface area contributed by atoms with Crippen LogP contribution in [0.3, 0.4) is 0 Å². The summed E-state index contributed by atoms with van der Waals surface area (Å²) in [5.41, 5.74) is -0.0863. The van der Waals surface area contributed by atoms with Gasteiger partial charge in [0, 0.05) is 12.0 Å². The molecule has 0 aromatic heterocycles. The Morgan fingerprint density at radius 3 is 2.44 bits per heavy atom. The quantitative estimate of drug-likeness (QED) is 0.695. The zero-order chi connectivity index (χ0) is 13.4. The molecule has 0 bridgehead atoms. The Balaban J connectivity index is 2.35. The lowest BCUT2D eigenvalue weighted by molar-refractivity contribution is -0.143. The van der Waals surface area contributed by atoms with Crippen LogP contribution in [0.5, 0.6) is 0 Å². The minimum atomic E-state index is -0.381. The molecule has 5 nitrogen and oxygen atoms in total. The molecular weight excluding hydrogens is 232 g/mol. The zero-order valence-corrected chi connectivity index (χ0v) is 11.4. The van der Waals surface area contributed by atoms with Crippen LogP contribution in [0, 0.1) is 0 Å². The smallest absolute Gasteiger partial charge is 0.325 e. The summed E-state index contributed by atoms with van der Waals surface area (Å²) < 4.78 is 4.76. The van der Waals surface area contributed by atoms with Crippen molar-refractivity contribution in [1.29, 1.82) is 0 Å². The van der Waals surface area contributed by atoms with Crippen molar-refractivity contribution in [3.05, 3.63) is 0 Å². The van der Waals surface area contributed by atoms with Gasteiger partial charge in [-0.25, -0.2) is 0 Å². The van der Waals surface area contributed by atoms with E-state index in [1.165, 1.54) is 6.42 Å². The van der Waals surface area contributed by atoms with Gasteiger partial charge < -0.3 is 15.4 Å². The van der Waals surface area contributed by atoms with E-state index < -0.39 is 0 Å². The summed E-state index contributed by atoms with van der Waals surface area (Å²) in [6, 6.07) is 0. The number of rotatable bonds is 6. The minimum Gasteiger partial charge on any atom is -0.465 e. The molecule has 18 heavy (non-hydrogen) atoms. The molecule has 1 rings (SSSR count). The molecule has 0 aliphatic heterocycles. The predicted octanol–water partition coefficient (Wildman–Crippen LogP) is 0.978. The fourth-order valence-corrected chi connectivity index (χ4v) is 2.50. The highest BCUT2D eigenvalue weighted by molar-refractivity contribution is 5.82. The fraction of sp³-hybridized carbons (Fsp3) is 0.846. The Morgan fingerprint density at radius 1 is 1.22 bits per heavy atom. The minimum absolute atomic E-state index is 0.0353. The summed E-state index contributed by atoms with van der Waals surface area (Å²) in [4.78, 5) is 23.0. The summed E-state index contributed by atoms with van der Waals surface area (Å²) in [6.45, 7) is 2.05. The van der Waals surface area contributed by atoms with Crippen molar-refractivity contribution in [3.63, 3.8) is 0 Å². The SMILES string of the molecule is CCOC(=O)CNC(=O)CC1(NC)CCCCC1. The van der Waals surface area contributed by atoms with Gasteiger partial charge in [-0.05, 0) is 26.8 Å². The number of carbonyl (C=O) groups excluding carboxylic acids is 2. The number of nitrogens with one attached hydrogen (secondary N) is 2. The van der Waals surface area contributed by atoms with Gasteiger partial charge in [0.15, 0.2) is 0 Å². The average molecular weight is 256 g/mol. The van der Waals surface area contributed by atoms with Gasteiger partial charge in [-0.1, -0.05) is 19.3 Å². The van der Waals surface area contributed by atoms with Crippen molar-refractivity contribution in [2.24, 2.45) is 0 Å². The van der Waals surface area contributed by atoms with Gasteiger partial charge in [0.25, 0.3) is 0 Å². The van der Waals surface area contributed by atoms with Crippen molar-refractivity contribution < 1.29 is 14.3 Å². The van der Waals surface area contributed by atoms with Crippen LogP contribution in [0.1, 0.15) is 45.4 Å². The molecule has 0 heterocycles. The average Bonchev–Trinajstić information content (AvgIpc) is 2.38. The van der Waals surface area contributed by atoms with Crippen molar-refractivity contribution in [3.8, 4) is 0 Å². The van der Waals surface area contributed by atoms with Gasteiger partial charge in [-0.3, -0.25) is 9.59 Å². The van der Waals surface area contributed by atoms with Crippen molar-refractivity contribution in [2.75, 3.05) is 20.2 Å². The summed E-state index contributed by atoms with van der Waals surface area (Å²) in [5, 5.41) is 5.90. The standard InChI is InChI=1S/C13H24N2O3/c1-3-18-12(17)10-15-11(16)9-13(14-2)7-5-4-6-8-13/h14H,3-10H2,1-2H3,(H,15,16). The molecule has 2 N–H and O–H groups in total. The van der Waals surface area contributed by atoms with E-state index in [1.54, 1.807) is 6.92 Å². The van der Waals surface area contributed by atoms with E-state index >= 15 is 0 Å². The first-order valence-electron chi connectivity index (χ1n) is 6.73. The Labute approximate surface area is 109 Å². The number of esters is 1. The van der Waals surface area contributed by atoms with Crippen LogP contribution in [-0.2, 0) is 14.3 Å². The van der Waals surface area contributed by atoms with Crippen LogP contribution >= 0.6 is 0 Å². The number of ether oxygens (including phenoxy) is 1. The molecule has 0 aromatic carbocycles. The molecule has 1 aliphatic carbocycles. The normalized spacial score (nSPS) is 18.1. The third-order valence-electron chi connectivity index (χ3n) is 3.58. The maximum atomic E-state index is 11.8. The van der Waals surface area contributed by atoms with Crippen LogP contribution in [0.15, 0.2) is 0 Å². The maximum Gasteiger partial charge on any atom is 0.325 e. The van der Waals surface area contributed by atoms with E-state index in [9.17, 15) is 9.59 Å². The molecule has 1 aliphatic rings. The summed E-state index contributed by atoms with van der Waals surface area (Å²) in [6.07, 6.45) is 6.04. The first-order valence-corrected chi connectivity index (χ1v) is 6.73. The molecule has 0 saturated heterocycles. The van der Waals surface area contributed by atoms with Crippen LogP contribution in [0.4, 0.5) is 0 Å². The summed E-state index contributed by atoms with van der Waals surface area (Å²) in [7, 11) is 1.91. The van der Waals surface area contributed by atoms with Crippen LogP contribution in [-0.4, -0.2) is 37.6 Å². The molecule has 104 valence electrons. The summed E-state index contributed by atoms with van der Waals surface area (Å²) in [5.74, 6) is -0.465. The van der Waals surface area contributed by atoms with Crippen LogP contribution in [0.2, 0.25) is 0 Å². The van der Waals surface area contributed by atoms with E-state index in [4.69, 9.17) is 4.74 Å². The lowest BCUT2D eigenvalue weighted by Crippen LogP contribution is -2.48. The second-order valence-electron chi connectivity index (χ2n) is 4.85. The lowest BCUT2D eigenvalue weighted by atomic mass is 9.79. The Hall–Kier alpha value is -1.10. The Kier molecular flexibility index (Phi) is 6.12. The van der Waals surface area contributed by atoms with E-state index in [2.05, 4.69) is 10.6 Å². The molecule has 1 fully saturated rings. The van der Waals surface area contributed by atoms with Gasteiger partial charge >= 0.3 is 5.97 Å².